The number of anilines is 1. The number of carbonyl (C=O) groups is 6. The third kappa shape index (κ3) is 10.2. The molecule has 17 heteroatoms. The van der Waals surface area contributed by atoms with Crippen LogP contribution in [0, 0.1) is 0 Å². The molecule has 1 aromatic heterocycles. The van der Waals surface area contributed by atoms with Crippen LogP contribution in [-0.2, 0) is 19.2 Å². The number of carbonyl (C=O) groups excluding carboxylic acids is 6. The van der Waals surface area contributed by atoms with Gasteiger partial charge in [-0.1, -0.05) is 62.4 Å². The van der Waals surface area contributed by atoms with Gasteiger partial charge in [0.1, 0.15) is 23.9 Å². The number of unbranched alkanes of at least 4 members (excludes halogenated alkanes) is 5. The average molecular weight is 871 g/mol. The maximum absolute atomic E-state index is 14.0. The van der Waals surface area contributed by atoms with Gasteiger partial charge in [0.15, 0.2) is 0 Å². The van der Waals surface area contributed by atoms with Gasteiger partial charge in [0.2, 0.25) is 23.6 Å². The summed E-state index contributed by atoms with van der Waals surface area (Å²) < 4.78 is 5.93. The van der Waals surface area contributed by atoms with E-state index < -0.39 is 41.7 Å². The summed E-state index contributed by atoms with van der Waals surface area (Å²) in [7, 11) is 0. The molecule has 6 amide bonds. The molecule has 16 nitrogen and oxygen atoms in total. The highest BCUT2D eigenvalue weighted by Gasteiger charge is 2.46. The van der Waals surface area contributed by atoms with Crippen LogP contribution in [0.15, 0.2) is 48.8 Å². The lowest BCUT2D eigenvalue weighted by Crippen LogP contribution is -2.54. The smallest absolute Gasteiger partial charge is 0.266 e. The van der Waals surface area contributed by atoms with E-state index in [1.165, 1.54) is 6.33 Å². The average Bonchev–Trinajstić information content (AvgIpc) is 3.71. The number of rotatable bonds is 19. The number of piperidine rings is 1. The number of aromatic nitrogens is 2. The van der Waals surface area contributed by atoms with E-state index in [-0.39, 0.29) is 48.1 Å². The number of ether oxygens (including phenoxy) is 1. The summed E-state index contributed by atoms with van der Waals surface area (Å²) in [6.45, 7) is 6.15. The maximum Gasteiger partial charge on any atom is 0.266 e. The van der Waals surface area contributed by atoms with Gasteiger partial charge in [-0.2, -0.15) is 0 Å². The molecule has 1 aliphatic carbocycles. The lowest BCUT2D eigenvalue weighted by molar-refractivity contribution is -0.136. The van der Waals surface area contributed by atoms with E-state index in [1.807, 2.05) is 17.0 Å². The molecule has 7 rings (SSSR count). The van der Waals surface area contributed by atoms with Crippen molar-refractivity contribution in [3.63, 3.8) is 0 Å². The molecule has 2 saturated heterocycles. The number of imide groups is 2. The number of aliphatic hydroxyl groups is 1. The van der Waals surface area contributed by atoms with E-state index in [9.17, 15) is 33.9 Å². The zero-order valence-electron chi connectivity index (χ0n) is 35.1. The summed E-state index contributed by atoms with van der Waals surface area (Å²) in [5, 5.41) is 19.6. The second kappa shape index (κ2) is 20.6. The van der Waals surface area contributed by atoms with Crippen molar-refractivity contribution in [2.75, 3.05) is 57.3 Å². The van der Waals surface area contributed by atoms with Crippen LogP contribution in [0.3, 0.4) is 0 Å². The molecule has 4 aliphatic rings. The number of fused-ring (bicyclic) bond motifs is 2. The molecule has 4 heterocycles. The molecule has 3 aliphatic heterocycles. The van der Waals surface area contributed by atoms with E-state index in [0.29, 0.717) is 75.3 Å². The normalized spacial score (nSPS) is 20.2. The molecule has 0 bridgehead atoms. The topological polar surface area (TPSA) is 203 Å². The summed E-state index contributed by atoms with van der Waals surface area (Å²) in [6.07, 6.45) is 7.46. The molecule has 330 valence electrons. The standard InChI is InChI=1S/C45H55ClN8O8/c1-28-25-34(55)40-38(28)41(50-27-49-40)52-20-22-53(23-21-52)43(59)32(29-11-13-30(46)14-12-29)26-47-19-17-36(56)48-18-6-4-2-3-5-7-24-62-35-10-8-9-31-39(35)45(61)54(44(31)60)33-15-16-37(57)51-42(33)58/h8-14,27-28,32-34,47,55H,2-7,15-26H2,1H3,(H,48,56)(H,51,57,58)/t28-,32?,33?,34-/m1/s1. The Balaban J connectivity index is 0.766. The zero-order chi connectivity index (χ0) is 43.8. The van der Waals surface area contributed by atoms with Crippen molar-refractivity contribution in [3.8, 4) is 5.75 Å². The first-order chi connectivity index (χ1) is 30.0. The SMILES string of the molecule is C[C@@H]1C[C@@H](O)c2ncnc(N3CCN(C(=O)C(CNCCC(=O)NCCCCCCCCOc4cccc5c4C(=O)N(C4CCC(=O)NC4=O)C5=O)c4ccc(Cl)cc4)CC3)c21. The molecule has 0 spiro atoms. The predicted molar refractivity (Wildman–Crippen MR) is 230 cm³/mol. The van der Waals surface area contributed by atoms with Gasteiger partial charge >= 0.3 is 0 Å². The molecular weight excluding hydrogens is 816 g/mol. The van der Waals surface area contributed by atoms with E-state index in [2.05, 4.69) is 37.7 Å². The zero-order valence-corrected chi connectivity index (χ0v) is 35.8. The second-order valence-electron chi connectivity index (χ2n) is 16.5. The monoisotopic (exact) mass is 870 g/mol. The quantitative estimate of drug-likeness (QED) is 0.0998. The summed E-state index contributed by atoms with van der Waals surface area (Å²) in [4.78, 5) is 90.8. The number of hydrogen-bond acceptors (Lipinski definition) is 12. The van der Waals surface area contributed by atoms with Crippen LogP contribution in [0.5, 0.6) is 5.75 Å². The molecule has 0 saturated carbocycles. The maximum atomic E-state index is 14.0. The Labute approximate surface area is 366 Å². The van der Waals surface area contributed by atoms with Crippen LogP contribution < -0.4 is 25.6 Å². The van der Waals surface area contributed by atoms with Gasteiger partial charge in [-0.3, -0.25) is 39.0 Å². The number of piperazine rings is 1. The molecule has 0 radical (unpaired) electrons. The molecule has 2 fully saturated rings. The van der Waals surface area contributed by atoms with Crippen molar-refractivity contribution in [2.45, 2.75) is 95.1 Å². The van der Waals surface area contributed by atoms with Crippen LogP contribution in [0.25, 0.3) is 0 Å². The van der Waals surface area contributed by atoms with Gasteiger partial charge in [-0.25, -0.2) is 9.97 Å². The van der Waals surface area contributed by atoms with E-state index in [1.54, 1.807) is 30.3 Å². The highest BCUT2D eigenvalue weighted by atomic mass is 35.5. The first-order valence-electron chi connectivity index (χ1n) is 21.8. The number of amides is 6. The van der Waals surface area contributed by atoms with Crippen molar-refractivity contribution >= 4 is 52.9 Å². The van der Waals surface area contributed by atoms with Crippen LogP contribution in [0.4, 0.5) is 5.82 Å². The summed E-state index contributed by atoms with van der Waals surface area (Å²) in [5.41, 5.74) is 2.91. The fraction of sp³-hybridized carbons (Fsp3) is 0.511. The molecule has 62 heavy (non-hydrogen) atoms. The molecule has 4 N–H and O–H groups in total. The number of hydrogen-bond donors (Lipinski definition) is 4. The van der Waals surface area contributed by atoms with E-state index >= 15 is 0 Å². The van der Waals surface area contributed by atoms with Crippen LogP contribution in [0.2, 0.25) is 5.02 Å². The fourth-order valence-electron chi connectivity index (χ4n) is 8.84. The molecule has 4 atom stereocenters. The number of nitrogens with one attached hydrogen (secondary N) is 3. The van der Waals surface area contributed by atoms with Gasteiger partial charge in [0, 0.05) is 69.2 Å². The molecule has 3 aromatic rings. The number of aliphatic hydroxyl groups excluding tert-OH is 1. The van der Waals surface area contributed by atoms with Crippen molar-refractivity contribution in [3.05, 3.63) is 81.8 Å². The fourth-order valence-corrected chi connectivity index (χ4v) is 8.97. The van der Waals surface area contributed by atoms with Crippen molar-refractivity contribution in [1.82, 2.24) is 35.7 Å². The van der Waals surface area contributed by atoms with Crippen molar-refractivity contribution in [2.24, 2.45) is 0 Å². The first-order valence-corrected chi connectivity index (χ1v) is 22.2. The van der Waals surface area contributed by atoms with Gasteiger partial charge in [0.25, 0.3) is 11.8 Å². The minimum absolute atomic E-state index is 0.0155. The minimum Gasteiger partial charge on any atom is -0.493 e. The third-order valence-electron chi connectivity index (χ3n) is 12.2. The van der Waals surface area contributed by atoms with Gasteiger partial charge in [-0.05, 0) is 61.4 Å². The number of halogens is 1. The second-order valence-corrected chi connectivity index (χ2v) is 16.9. The van der Waals surface area contributed by atoms with E-state index in [4.69, 9.17) is 16.3 Å². The summed E-state index contributed by atoms with van der Waals surface area (Å²) in [5.74, 6) is -1.39. The highest BCUT2D eigenvalue weighted by molar-refractivity contribution is 6.30. The number of nitrogens with zero attached hydrogens (tertiary/aromatic N) is 5. The Morgan fingerprint density at radius 2 is 1.68 bits per heavy atom. The minimum atomic E-state index is -1.03. The lowest BCUT2D eigenvalue weighted by Gasteiger charge is -2.38. The van der Waals surface area contributed by atoms with Crippen LogP contribution >= 0.6 is 11.6 Å². The Morgan fingerprint density at radius 3 is 2.44 bits per heavy atom. The van der Waals surface area contributed by atoms with Crippen molar-refractivity contribution in [1.29, 1.82) is 0 Å². The Kier molecular flexibility index (Phi) is 14.8. The summed E-state index contributed by atoms with van der Waals surface area (Å²) in [6, 6.07) is 11.1. The molecule has 2 aromatic carbocycles. The van der Waals surface area contributed by atoms with Gasteiger partial charge < -0.3 is 30.3 Å². The van der Waals surface area contributed by atoms with Crippen LogP contribution in [0.1, 0.15) is 127 Å². The Bertz CT molecular complexity index is 2150. The Hall–Kier alpha value is -5.45. The largest absolute Gasteiger partial charge is 0.493 e. The lowest BCUT2D eigenvalue weighted by atomic mass is 9.97. The van der Waals surface area contributed by atoms with Crippen LogP contribution in [-0.4, -0.2) is 119 Å². The third-order valence-corrected chi connectivity index (χ3v) is 12.5. The first kappa shape index (κ1) is 44.6. The predicted octanol–water partition coefficient (Wildman–Crippen LogP) is 4.02. The number of benzene rings is 2. The molecule has 2 unspecified atom stereocenters. The van der Waals surface area contributed by atoms with Gasteiger partial charge in [-0.15, -0.1) is 0 Å². The van der Waals surface area contributed by atoms with Crippen molar-refractivity contribution < 1.29 is 38.6 Å². The Morgan fingerprint density at radius 1 is 0.935 bits per heavy atom. The summed E-state index contributed by atoms with van der Waals surface area (Å²) >= 11 is 6.18. The molecular formula is C45H55ClN8O8. The van der Waals surface area contributed by atoms with E-state index in [0.717, 1.165) is 60.4 Å². The van der Waals surface area contributed by atoms with Gasteiger partial charge in [0.05, 0.1) is 35.4 Å². The highest BCUT2D eigenvalue weighted by Crippen LogP contribution is 2.43.